The van der Waals surface area contributed by atoms with Crippen molar-refractivity contribution in [3.05, 3.63) is 29.8 Å². The molecule has 0 aliphatic carbocycles. The van der Waals surface area contributed by atoms with Crippen LogP contribution in [0.15, 0.2) is 24.3 Å². The Kier molecular flexibility index (Phi) is 8.56. The molecule has 26 heavy (non-hydrogen) atoms. The molecule has 0 fully saturated rings. The van der Waals surface area contributed by atoms with Gasteiger partial charge in [0.25, 0.3) is 0 Å². The number of anilines is 1. The van der Waals surface area contributed by atoms with Crippen LogP contribution >= 0.6 is 0 Å². The largest absolute Gasteiger partial charge is 0.418 e. The number of benzene rings is 1. The molecule has 1 aromatic carbocycles. The Morgan fingerprint density at radius 2 is 1.65 bits per heavy atom. The van der Waals surface area contributed by atoms with Gasteiger partial charge in [-0.15, -0.1) is 0 Å². The average Bonchev–Trinajstić information content (AvgIpc) is 2.50. The molecule has 1 rings (SSSR count). The number of alkyl halides is 3. The second kappa shape index (κ2) is 9.92. The molecule has 148 valence electrons. The van der Waals surface area contributed by atoms with E-state index in [4.69, 9.17) is 0 Å². The molecule has 0 heterocycles. The van der Waals surface area contributed by atoms with Crippen molar-refractivity contribution in [1.29, 1.82) is 0 Å². The number of rotatable bonds is 9. The first-order valence-electron chi connectivity index (χ1n) is 8.97. The van der Waals surface area contributed by atoms with Crippen LogP contribution < -0.4 is 10.6 Å². The first kappa shape index (κ1) is 22.4. The van der Waals surface area contributed by atoms with Gasteiger partial charge in [0.1, 0.15) is 0 Å². The van der Waals surface area contributed by atoms with E-state index in [1.165, 1.54) is 18.2 Å². The minimum atomic E-state index is -4.50. The molecule has 0 radical (unpaired) electrons. The van der Waals surface area contributed by atoms with Crippen molar-refractivity contribution in [2.75, 3.05) is 18.4 Å². The van der Waals surface area contributed by atoms with Crippen molar-refractivity contribution in [2.24, 2.45) is 0 Å². The average molecular weight is 373 g/mol. The topological polar surface area (TPSA) is 44.4 Å². The summed E-state index contributed by atoms with van der Waals surface area (Å²) in [7, 11) is 0. The molecule has 1 aromatic rings. The van der Waals surface area contributed by atoms with Gasteiger partial charge in [-0.05, 0) is 46.8 Å². The standard InChI is InChI=1S/C19H30F3N3O/c1-13(2)25(14(3)4)11-10-23-15(5)12-18(26)24-17-9-7-6-8-16(17)19(20,21)22/h6-9,13-15,23H,10-12H2,1-5H3,(H,24,26). The van der Waals surface area contributed by atoms with Gasteiger partial charge in [0.15, 0.2) is 0 Å². The van der Waals surface area contributed by atoms with E-state index in [0.717, 1.165) is 12.6 Å². The Hall–Kier alpha value is -1.60. The molecule has 2 N–H and O–H groups in total. The van der Waals surface area contributed by atoms with Crippen LogP contribution in [0.2, 0.25) is 0 Å². The van der Waals surface area contributed by atoms with Crippen LogP contribution in [0.5, 0.6) is 0 Å². The smallest absolute Gasteiger partial charge is 0.325 e. The van der Waals surface area contributed by atoms with E-state index < -0.39 is 17.6 Å². The SMILES string of the molecule is CC(CC(=O)Nc1ccccc1C(F)(F)F)NCCN(C(C)C)C(C)C. The van der Waals surface area contributed by atoms with Crippen LogP contribution in [0.4, 0.5) is 18.9 Å². The van der Waals surface area contributed by atoms with Gasteiger partial charge in [-0.25, -0.2) is 0 Å². The van der Waals surface area contributed by atoms with Gasteiger partial charge in [0.2, 0.25) is 5.91 Å². The van der Waals surface area contributed by atoms with E-state index in [1.807, 2.05) is 6.92 Å². The molecule has 7 heteroatoms. The molecule has 0 saturated heterocycles. The highest BCUT2D eigenvalue weighted by Crippen LogP contribution is 2.34. The van der Waals surface area contributed by atoms with E-state index >= 15 is 0 Å². The third-order valence-electron chi connectivity index (χ3n) is 4.19. The molecular weight excluding hydrogens is 343 g/mol. The lowest BCUT2D eigenvalue weighted by atomic mass is 10.1. The lowest BCUT2D eigenvalue weighted by Gasteiger charge is -2.31. The number of nitrogens with one attached hydrogen (secondary N) is 2. The van der Waals surface area contributed by atoms with E-state index in [-0.39, 0.29) is 18.2 Å². The Labute approximate surface area is 154 Å². The van der Waals surface area contributed by atoms with Crippen LogP contribution in [-0.4, -0.2) is 42.0 Å². The van der Waals surface area contributed by atoms with Crippen LogP contribution in [0.25, 0.3) is 0 Å². The number of carbonyl (C=O) groups is 1. The first-order valence-corrected chi connectivity index (χ1v) is 8.97. The van der Waals surface area contributed by atoms with Crippen molar-refractivity contribution in [3.8, 4) is 0 Å². The fraction of sp³-hybridized carbons (Fsp3) is 0.632. The summed E-state index contributed by atoms with van der Waals surface area (Å²) in [5.41, 5.74) is -1.04. The van der Waals surface area contributed by atoms with Crippen molar-refractivity contribution < 1.29 is 18.0 Å². The molecule has 4 nitrogen and oxygen atoms in total. The predicted molar refractivity (Wildman–Crippen MR) is 99.1 cm³/mol. The molecule has 0 bridgehead atoms. The third kappa shape index (κ3) is 7.33. The zero-order valence-corrected chi connectivity index (χ0v) is 16.2. The Bertz CT molecular complexity index is 565. The minimum Gasteiger partial charge on any atom is -0.325 e. The number of para-hydroxylation sites is 1. The second-order valence-corrected chi connectivity index (χ2v) is 7.08. The molecule has 1 atom stereocenters. The maximum absolute atomic E-state index is 13.0. The molecule has 1 amide bonds. The molecule has 0 spiro atoms. The summed E-state index contributed by atoms with van der Waals surface area (Å²) in [6.07, 6.45) is -4.39. The van der Waals surface area contributed by atoms with Crippen molar-refractivity contribution in [1.82, 2.24) is 10.2 Å². The van der Waals surface area contributed by atoms with Gasteiger partial charge in [0, 0.05) is 37.6 Å². The first-order chi connectivity index (χ1) is 12.0. The van der Waals surface area contributed by atoms with E-state index in [0.29, 0.717) is 18.6 Å². The maximum atomic E-state index is 13.0. The van der Waals surface area contributed by atoms with Gasteiger partial charge >= 0.3 is 6.18 Å². The quantitative estimate of drug-likeness (QED) is 0.684. The van der Waals surface area contributed by atoms with Crippen LogP contribution in [-0.2, 0) is 11.0 Å². The normalized spacial score (nSPS) is 13.5. The summed E-state index contributed by atoms with van der Waals surface area (Å²) >= 11 is 0. The van der Waals surface area contributed by atoms with Crippen molar-refractivity contribution in [2.45, 2.75) is 65.3 Å². The minimum absolute atomic E-state index is 0.107. The van der Waals surface area contributed by atoms with Crippen LogP contribution in [0, 0.1) is 0 Å². The highest BCUT2D eigenvalue weighted by atomic mass is 19.4. The highest BCUT2D eigenvalue weighted by Gasteiger charge is 2.33. The lowest BCUT2D eigenvalue weighted by molar-refractivity contribution is -0.137. The van der Waals surface area contributed by atoms with Crippen LogP contribution in [0.1, 0.15) is 46.6 Å². The molecule has 0 aromatic heterocycles. The molecular formula is C19H30F3N3O. The third-order valence-corrected chi connectivity index (χ3v) is 4.19. The zero-order valence-electron chi connectivity index (χ0n) is 16.2. The Morgan fingerprint density at radius 1 is 1.08 bits per heavy atom. The lowest BCUT2D eigenvalue weighted by Crippen LogP contribution is -2.43. The number of amides is 1. The summed E-state index contributed by atoms with van der Waals surface area (Å²) in [5.74, 6) is -0.439. The molecule has 0 aliphatic rings. The van der Waals surface area contributed by atoms with Gasteiger partial charge < -0.3 is 10.6 Å². The number of carbonyl (C=O) groups excluding carboxylic acids is 1. The molecule has 0 aliphatic heterocycles. The number of halogens is 3. The number of nitrogens with zero attached hydrogens (tertiary/aromatic N) is 1. The van der Waals surface area contributed by atoms with Gasteiger partial charge in [-0.3, -0.25) is 9.69 Å². The van der Waals surface area contributed by atoms with Crippen molar-refractivity contribution in [3.63, 3.8) is 0 Å². The van der Waals surface area contributed by atoms with Gasteiger partial charge in [-0.2, -0.15) is 13.2 Å². The van der Waals surface area contributed by atoms with E-state index in [2.05, 4.69) is 43.2 Å². The van der Waals surface area contributed by atoms with E-state index in [1.54, 1.807) is 0 Å². The Morgan fingerprint density at radius 3 is 2.19 bits per heavy atom. The summed E-state index contributed by atoms with van der Waals surface area (Å²) in [5, 5.41) is 5.63. The monoisotopic (exact) mass is 373 g/mol. The predicted octanol–water partition coefficient (Wildman–Crippen LogP) is 4.13. The summed E-state index contributed by atoms with van der Waals surface area (Å²) in [6, 6.07) is 5.72. The fourth-order valence-electron chi connectivity index (χ4n) is 2.94. The summed E-state index contributed by atoms with van der Waals surface area (Å²) < 4.78 is 38.9. The maximum Gasteiger partial charge on any atom is 0.418 e. The van der Waals surface area contributed by atoms with Gasteiger partial charge in [0.05, 0.1) is 11.3 Å². The summed E-state index contributed by atoms with van der Waals surface area (Å²) in [6.45, 7) is 11.9. The number of hydrogen-bond acceptors (Lipinski definition) is 3. The van der Waals surface area contributed by atoms with E-state index in [9.17, 15) is 18.0 Å². The number of hydrogen-bond donors (Lipinski definition) is 2. The second-order valence-electron chi connectivity index (χ2n) is 7.08. The van der Waals surface area contributed by atoms with Crippen molar-refractivity contribution >= 4 is 11.6 Å². The van der Waals surface area contributed by atoms with Crippen LogP contribution in [0.3, 0.4) is 0 Å². The fourth-order valence-corrected chi connectivity index (χ4v) is 2.94. The highest BCUT2D eigenvalue weighted by molar-refractivity contribution is 5.92. The van der Waals surface area contributed by atoms with Gasteiger partial charge in [-0.1, -0.05) is 12.1 Å². The summed E-state index contributed by atoms with van der Waals surface area (Å²) in [4.78, 5) is 14.4. The molecule has 1 unspecified atom stereocenters. The Balaban J connectivity index is 2.51. The zero-order chi connectivity index (χ0) is 19.9. The molecule has 0 saturated carbocycles.